The molecule has 0 aromatic heterocycles. The highest BCUT2D eigenvalue weighted by molar-refractivity contribution is 9.10. The number of aliphatic hydroxyl groups is 2. The normalized spacial score (nSPS) is 10.8. The average molecular weight is 291 g/mol. The van der Waals surface area contributed by atoms with Crippen molar-refractivity contribution < 1.29 is 24.9 Å². The van der Waals surface area contributed by atoms with Crippen LogP contribution in [0.5, 0.6) is 0 Å². The Morgan fingerprint density at radius 3 is 2.69 bits per heavy atom. The van der Waals surface area contributed by atoms with Crippen LogP contribution >= 0.6 is 15.9 Å². The minimum absolute atomic E-state index is 0.0126. The third-order valence-corrected chi connectivity index (χ3v) is 2.36. The van der Waals surface area contributed by atoms with Crippen LogP contribution in [0.25, 0.3) is 0 Å². The lowest BCUT2D eigenvalue weighted by Gasteiger charge is -2.11. The first-order valence-electron chi connectivity index (χ1n) is 4.44. The highest BCUT2D eigenvalue weighted by atomic mass is 79.9. The molecule has 0 atom stereocenters. The Hall–Kier alpha value is -0.950. The van der Waals surface area contributed by atoms with E-state index in [1.807, 2.05) is 0 Å². The van der Waals surface area contributed by atoms with Gasteiger partial charge in [-0.25, -0.2) is 4.79 Å². The summed E-state index contributed by atoms with van der Waals surface area (Å²) in [4.78, 5) is 10.2. The SMILES string of the molecule is O=C(O)COCc1cc(Br)ccc1C(O)O. The van der Waals surface area contributed by atoms with Crippen LogP contribution in [-0.2, 0) is 16.1 Å². The van der Waals surface area contributed by atoms with Crippen LogP contribution in [0, 0.1) is 0 Å². The van der Waals surface area contributed by atoms with E-state index in [1.165, 1.54) is 6.07 Å². The molecule has 0 unspecified atom stereocenters. The van der Waals surface area contributed by atoms with Crippen molar-refractivity contribution in [2.75, 3.05) is 6.61 Å². The van der Waals surface area contributed by atoms with Crippen LogP contribution in [0.2, 0.25) is 0 Å². The van der Waals surface area contributed by atoms with Crippen molar-refractivity contribution in [2.45, 2.75) is 12.9 Å². The zero-order valence-corrected chi connectivity index (χ0v) is 9.85. The van der Waals surface area contributed by atoms with Gasteiger partial charge >= 0.3 is 5.97 Å². The fourth-order valence-corrected chi connectivity index (χ4v) is 1.61. The molecule has 6 heteroatoms. The molecule has 3 N–H and O–H groups in total. The van der Waals surface area contributed by atoms with Crippen LogP contribution in [0.1, 0.15) is 17.4 Å². The maximum Gasteiger partial charge on any atom is 0.329 e. The predicted octanol–water partition coefficient (Wildman–Crippen LogP) is 1.03. The molecule has 88 valence electrons. The fourth-order valence-electron chi connectivity index (χ4n) is 1.20. The second kappa shape index (κ2) is 5.95. The average Bonchev–Trinajstić information content (AvgIpc) is 2.16. The molecule has 0 radical (unpaired) electrons. The molecule has 0 aliphatic rings. The first-order valence-corrected chi connectivity index (χ1v) is 5.24. The van der Waals surface area contributed by atoms with E-state index in [0.717, 1.165) is 4.47 Å². The topological polar surface area (TPSA) is 87.0 Å². The molecule has 0 amide bonds. The van der Waals surface area contributed by atoms with Crippen molar-refractivity contribution in [3.05, 3.63) is 33.8 Å². The molecule has 5 nitrogen and oxygen atoms in total. The number of ether oxygens (including phenoxy) is 1. The Balaban J connectivity index is 2.76. The highest BCUT2D eigenvalue weighted by Gasteiger charge is 2.10. The van der Waals surface area contributed by atoms with Gasteiger partial charge in [-0.15, -0.1) is 0 Å². The molecule has 16 heavy (non-hydrogen) atoms. The van der Waals surface area contributed by atoms with Gasteiger partial charge in [-0.05, 0) is 17.7 Å². The number of carbonyl (C=O) groups is 1. The van der Waals surface area contributed by atoms with Crippen molar-refractivity contribution in [3.63, 3.8) is 0 Å². The largest absolute Gasteiger partial charge is 0.480 e. The summed E-state index contributed by atoms with van der Waals surface area (Å²) in [5.41, 5.74) is 0.833. The number of hydrogen-bond acceptors (Lipinski definition) is 4. The van der Waals surface area contributed by atoms with Gasteiger partial charge in [0.2, 0.25) is 0 Å². The lowest BCUT2D eigenvalue weighted by Crippen LogP contribution is -2.09. The molecule has 0 aliphatic carbocycles. The van der Waals surface area contributed by atoms with Crippen LogP contribution in [0.3, 0.4) is 0 Å². The van der Waals surface area contributed by atoms with Gasteiger partial charge < -0.3 is 20.1 Å². The first-order chi connectivity index (χ1) is 7.50. The van der Waals surface area contributed by atoms with Gasteiger partial charge in [0.05, 0.1) is 6.61 Å². The van der Waals surface area contributed by atoms with E-state index in [9.17, 15) is 4.79 Å². The second-order valence-corrected chi connectivity index (χ2v) is 4.02. The minimum Gasteiger partial charge on any atom is -0.480 e. The van der Waals surface area contributed by atoms with Crippen molar-refractivity contribution in [2.24, 2.45) is 0 Å². The molecule has 0 bridgehead atoms. The number of carboxylic acids is 1. The van der Waals surface area contributed by atoms with Crippen LogP contribution in [0.4, 0.5) is 0 Å². The molecule has 0 saturated carbocycles. The predicted molar refractivity (Wildman–Crippen MR) is 58.6 cm³/mol. The summed E-state index contributed by atoms with van der Waals surface area (Å²) >= 11 is 3.23. The summed E-state index contributed by atoms with van der Waals surface area (Å²) in [6.45, 7) is -0.411. The molecule has 0 fully saturated rings. The molecule has 1 aromatic carbocycles. The summed E-state index contributed by atoms with van der Waals surface area (Å²) in [6.07, 6.45) is -1.60. The molecule has 0 heterocycles. The molecule has 0 spiro atoms. The monoisotopic (exact) mass is 290 g/mol. The van der Waals surface area contributed by atoms with E-state index in [1.54, 1.807) is 12.1 Å². The highest BCUT2D eigenvalue weighted by Crippen LogP contribution is 2.21. The lowest BCUT2D eigenvalue weighted by molar-refractivity contribution is -0.142. The summed E-state index contributed by atoms with van der Waals surface area (Å²) in [5.74, 6) is -1.07. The Bertz CT molecular complexity index is 377. The van der Waals surface area contributed by atoms with Crippen LogP contribution in [-0.4, -0.2) is 27.9 Å². The maximum absolute atomic E-state index is 10.2. The van der Waals surface area contributed by atoms with Gasteiger partial charge in [-0.1, -0.05) is 22.0 Å². The second-order valence-electron chi connectivity index (χ2n) is 3.10. The first kappa shape index (κ1) is 13.1. The molecule has 0 aliphatic heterocycles. The molecule has 0 saturated heterocycles. The Morgan fingerprint density at radius 1 is 1.44 bits per heavy atom. The minimum atomic E-state index is -1.60. The van der Waals surface area contributed by atoms with Crippen LogP contribution < -0.4 is 0 Å². The summed E-state index contributed by atoms with van der Waals surface area (Å²) in [5, 5.41) is 26.5. The van der Waals surface area contributed by atoms with Gasteiger partial charge in [-0.2, -0.15) is 0 Å². The fraction of sp³-hybridized carbons (Fsp3) is 0.300. The summed E-state index contributed by atoms with van der Waals surface area (Å²) in [7, 11) is 0. The maximum atomic E-state index is 10.2. The zero-order chi connectivity index (χ0) is 12.1. The van der Waals surface area contributed by atoms with Crippen LogP contribution in [0.15, 0.2) is 22.7 Å². The molecular formula is C10H11BrO5. The van der Waals surface area contributed by atoms with Gasteiger partial charge in [0.25, 0.3) is 0 Å². The van der Waals surface area contributed by atoms with Crippen molar-refractivity contribution in [3.8, 4) is 0 Å². The smallest absolute Gasteiger partial charge is 0.329 e. The third kappa shape index (κ3) is 3.90. The number of benzene rings is 1. The van der Waals surface area contributed by atoms with E-state index in [-0.39, 0.29) is 6.61 Å². The Morgan fingerprint density at radius 2 is 2.12 bits per heavy atom. The van der Waals surface area contributed by atoms with Crippen molar-refractivity contribution >= 4 is 21.9 Å². The number of carboxylic acid groups (broad SMARTS) is 1. The standard InChI is InChI=1S/C10H11BrO5/c11-7-1-2-8(10(14)15)6(3-7)4-16-5-9(12)13/h1-3,10,14-15H,4-5H2,(H,12,13). The summed E-state index contributed by atoms with van der Waals surface area (Å²) < 4.78 is 5.64. The number of rotatable bonds is 5. The quantitative estimate of drug-likeness (QED) is 0.705. The van der Waals surface area contributed by atoms with Crippen molar-refractivity contribution in [1.29, 1.82) is 0 Å². The number of halogens is 1. The lowest BCUT2D eigenvalue weighted by atomic mass is 10.1. The van der Waals surface area contributed by atoms with Gasteiger partial charge in [0, 0.05) is 10.0 Å². The van der Waals surface area contributed by atoms with Crippen molar-refractivity contribution in [1.82, 2.24) is 0 Å². The zero-order valence-electron chi connectivity index (χ0n) is 8.26. The van der Waals surface area contributed by atoms with E-state index in [2.05, 4.69) is 15.9 Å². The van der Waals surface area contributed by atoms with E-state index in [0.29, 0.717) is 11.1 Å². The molecule has 1 aromatic rings. The van der Waals surface area contributed by atoms with Gasteiger partial charge in [0.15, 0.2) is 6.29 Å². The number of aliphatic hydroxyl groups excluding tert-OH is 1. The van der Waals surface area contributed by atoms with Gasteiger partial charge in [-0.3, -0.25) is 0 Å². The Labute approximate surface area is 100 Å². The third-order valence-electron chi connectivity index (χ3n) is 1.87. The Kier molecular flexibility index (Phi) is 4.88. The number of aliphatic carboxylic acids is 1. The van der Waals surface area contributed by atoms with E-state index < -0.39 is 18.9 Å². The molecule has 1 rings (SSSR count). The number of hydrogen-bond donors (Lipinski definition) is 3. The van der Waals surface area contributed by atoms with E-state index >= 15 is 0 Å². The molecular weight excluding hydrogens is 280 g/mol. The van der Waals surface area contributed by atoms with Gasteiger partial charge in [0.1, 0.15) is 6.61 Å². The summed E-state index contributed by atoms with van der Waals surface area (Å²) in [6, 6.07) is 4.85. The van der Waals surface area contributed by atoms with E-state index in [4.69, 9.17) is 20.1 Å².